The molecular formula is C16H24N2O3S2. The molecule has 0 aromatic carbocycles. The Morgan fingerprint density at radius 2 is 2.26 bits per heavy atom. The van der Waals surface area contributed by atoms with Crippen LogP contribution in [0.4, 0.5) is 0 Å². The molecule has 1 saturated carbocycles. The van der Waals surface area contributed by atoms with E-state index in [1.807, 2.05) is 11.3 Å². The van der Waals surface area contributed by atoms with Crippen molar-refractivity contribution in [2.24, 2.45) is 11.3 Å². The van der Waals surface area contributed by atoms with E-state index in [0.717, 1.165) is 39.1 Å². The van der Waals surface area contributed by atoms with E-state index in [1.165, 1.54) is 9.75 Å². The van der Waals surface area contributed by atoms with Gasteiger partial charge in [0.1, 0.15) is 0 Å². The highest BCUT2D eigenvalue weighted by Crippen LogP contribution is 2.42. The summed E-state index contributed by atoms with van der Waals surface area (Å²) >= 11 is 1.85. The van der Waals surface area contributed by atoms with Gasteiger partial charge in [-0.25, -0.2) is 13.1 Å². The Kier molecular flexibility index (Phi) is 4.05. The molecule has 1 aromatic rings. The molecule has 0 unspecified atom stereocenters. The Hall–Kier alpha value is -0.470. The first-order valence-corrected chi connectivity index (χ1v) is 10.7. The number of hydrogen-bond donors (Lipinski definition) is 1. The number of likely N-dealkylation sites (tertiary alicyclic amines) is 1. The summed E-state index contributed by atoms with van der Waals surface area (Å²) in [6.45, 7) is 6.97. The summed E-state index contributed by atoms with van der Waals surface area (Å²) in [6.07, 6.45) is 1.62. The summed E-state index contributed by atoms with van der Waals surface area (Å²) in [5, 5.41) is -0.147. The van der Waals surface area contributed by atoms with Crippen LogP contribution in [0.3, 0.4) is 0 Å². The molecule has 2 saturated heterocycles. The third kappa shape index (κ3) is 3.22. The lowest BCUT2D eigenvalue weighted by atomic mass is 9.81. The van der Waals surface area contributed by atoms with Crippen LogP contribution in [-0.4, -0.2) is 51.4 Å². The summed E-state index contributed by atoms with van der Waals surface area (Å²) in [5.41, 5.74) is -0.0474. The first kappa shape index (κ1) is 16.0. The number of hydrogen-bond acceptors (Lipinski definition) is 5. The molecule has 0 amide bonds. The number of aryl methyl sites for hydroxylation is 1. The van der Waals surface area contributed by atoms with Gasteiger partial charge in [0, 0.05) is 47.3 Å². The molecule has 3 aliphatic rings. The van der Waals surface area contributed by atoms with Gasteiger partial charge >= 0.3 is 0 Å². The highest BCUT2D eigenvalue weighted by atomic mass is 32.2. The van der Waals surface area contributed by atoms with E-state index < -0.39 is 10.0 Å². The number of nitrogens with one attached hydrogen (secondary N) is 1. The zero-order chi connectivity index (χ0) is 16.1. The van der Waals surface area contributed by atoms with Crippen molar-refractivity contribution >= 4 is 21.4 Å². The van der Waals surface area contributed by atoms with Crippen LogP contribution < -0.4 is 4.72 Å². The molecule has 1 aromatic heterocycles. The minimum Gasteiger partial charge on any atom is -0.380 e. The average molecular weight is 357 g/mol. The maximum atomic E-state index is 12.1. The summed E-state index contributed by atoms with van der Waals surface area (Å²) in [5.74, 6) is 0.436. The molecular weight excluding hydrogens is 332 g/mol. The van der Waals surface area contributed by atoms with Crippen LogP contribution in [0.5, 0.6) is 0 Å². The van der Waals surface area contributed by atoms with Gasteiger partial charge in [-0.15, -0.1) is 11.3 Å². The molecule has 3 heterocycles. The summed E-state index contributed by atoms with van der Waals surface area (Å²) in [6, 6.07) is 4.37. The van der Waals surface area contributed by atoms with Crippen LogP contribution in [0.2, 0.25) is 0 Å². The van der Waals surface area contributed by atoms with Crippen LogP contribution in [0.25, 0.3) is 0 Å². The second-order valence-corrected chi connectivity index (χ2v) is 10.7. The largest absolute Gasteiger partial charge is 0.380 e. The number of sulfonamides is 1. The van der Waals surface area contributed by atoms with Crippen molar-refractivity contribution in [1.29, 1.82) is 0 Å². The first-order valence-electron chi connectivity index (χ1n) is 8.31. The van der Waals surface area contributed by atoms with Gasteiger partial charge in [-0.1, -0.05) is 0 Å². The van der Waals surface area contributed by atoms with Crippen LogP contribution >= 0.6 is 11.3 Å². The van der Waals surface area contributed by atoms with Crippen molar-refractivity contribution in [3.8, 4) is 0 Å². The molecule has 23 heavy (non-hydrogen) atoms. The van der Waals surface area contributed by atoms with E-state index >= 15 is 0 Å². The number of fused-ring (bicyclic) bond motifs is 1. The number of ether oxygens (including phenoxy) is 1. The Morgan fingerprint density at radius 3 is 2.96 bits per heavy atom. The van der Waals surface area contributed by atoms with Gasteiger partial charge < -0.3 is 4.74 Å². The lowest BCUT2D eigenvalue weighted by molar-refractivity contribution is 0.128. The van der Waals surface area contributed by atoms with E-state index in [4.69, 9.17) is 4.74 Å². The fourth-order valence-corrected chi connectivity index (χ4v) is 6.26. The highest BCUT2D eigenvalue weighted by molar-refractivity contribution is 7.90. The van der Waals surface area contributed by atoms with Gasteiger partial charge in [-0.2, -0.15) is 0 Å². The van der Waals surface area contributed by atoms with E-state index in [1.54, 1.807) is 0 Å². The summed E-state index contributed by atoms with van der Waals surface area (Å²) in [7, 11) is -3.11. The smallest absolute Gasteiger partial charge is 0.214 e. The van der Waals surface area contributed by atoms with Crippen molar-refractivity contribution in [2.45, 2.75) is 31.6 Å². The van der Waals surface area contributed by atoms with Gasteiger partial charge in [0.05, 0.1) is 18.5 Å². The second-order valence-electron chi connectivity index (χ2n) is 7.32. The van der Waals surface area contributed by atoms with Gasteiger partial charge in [-0.3, -0.25) is 4.90 Å². The molecule has 2 aliphatic heterocycles. The maximum absolute atomic E-state index is 12.1. The third-order valence-corrected chi connectivity index (χ3v) is 8.24. The lowest BCUT2D eigenvalue weighted by Crippen LogP contribution is -2.43. The minimum atomic E-state index is -3.11. The number of nitrogens with zero attached hydrogens (tertiary/aromatic N) is 1. The first-order chi connectivity index (χ1) is 11.0. The molecule has 0 radical (unpaired) electrons. The maximum Gasteiger partial charge on any atom is 0.214 e. The SMILES string of the molecule is Cc1ccc(CN2C[C@@H]3COC[C@]3(CNS(=O)(=O)C3CC3)C2)s1. The van der Waals surface area contributed by atoms with E-state index in [0.29, 0.717) is 19.1 Å². The van der Waals surface area contributed by atoms with Crippen molar-refractivity contribution in [2.75, 3.05) is 32.8 Å². The third-order valence-electron chi connectivity index (χ3n) is 5.36. The molecule has 0 spiro atoms. The van der Waals surface area contributed by atoms with Gasteiger partial charge in [0.15, 0.2) is 0 Å². The molecule has 0 bridgehead atoms. The normalized spacial score (nSPS) is 31.6. The number of rotatable bonds is 6. The quantitative estimate of drug-likeness (QED) is 0.841. The molecule has 3 fully saturated rings. The van der Waals surface area contributed by atoms with Crippen molar-refractivity contribution < 1.29 is 13.2 Å². The predicted molar refractivity (Wildman–Crippen MR) is 91.0 cm³/mol. The topological polar surface area (TPSA) is 58.6 Å². The average Bonchev–Trinajstić information content (AvgIpc) is 3.07. The Bertz CT molecular complexity index is 683. The zero-order valence-electron chi connectivity index (χ0n) is 13.5. The molecule has 4 rings (SSSR count). The van der Waals surface area contributed by atoms with Crippen LogP contribution in [-0.2, 0) is 21.3 Å². The molecule has 128 valence electrons. The van der Waals surface area contributed by atoms with Crippen molar-refractivity contribution in [3.05, 3.63) is 21.9 Å². The minimum absolute atomic E-state index is 0.0474. The van der Waals surface area contributed by atoms with Gasteiger partial charge in [-0.05, 0) is 31.9 Å². The lowest BCUT2D eigenvalue weighted by Gasteiger charge is -2.27. The van der Waals surface area contributed by atoms with Crippen LogP contribution in [0.15, 0.2) is 12.1 Å². The molecule has 5 nitrogen and oxygen atoms in total. The highest BCUT2D eigenvalue weighted by Gasteiger charge is 2.51. The fraction of sp³-hybridized carbons (Fsp3) is 0.750. The number of thiophene rings is 1. The van der Waals surface area contributed by atoms with Gasteiger partial charge in [0.25, 0.3) is 0 Å². The summed E-state index contributed by atoms with van der Waals surface area (Å²) < 4.78 is 32.9. The summed E-state index contributed by atoms with van der Waals surface area (Å²) in [4.78, 5) is 5.19. The van der Waals surface area contributed by atoms with E-state index in [9.17, 15) is 8.42 Å². The zero-order valence-corrected chi connectivity index (χ0v) is 15.1. The van der Waals surface area contributed by atoms with Crippen molar-refractivity contribution in [1.82, 2.24) is 9.62 Å². The van der Waals surface area contributed by atoms with Crippen LogP contribution in [0.1, 0.15) is 22.6 Å². The standard InChI is InChI=1S/C16H24N2O3S2/c1-12-2-3-14(22-12)7-18-6-13-8-21-11-16(13,10-18)9-17-23(19,20)15-4-5-15/h2-3,13,15,17H,4-11H2,1H3/t13-,16+/m1/s1. The second kappa shape index (κ2) is 5.81. The fourth-order valence-electron chi connectivity index (χ4n) is 3.84. The monoisotopic (exact) mass is 356 g/mol. The molecule has 1 N–H and O–H groups in total. The Morgan fingerprint density at radius 1 is 1.43 bits per heavy atom. The van der Waals surface area contributed by atoms with Crippen LogP contribution in [0, 0.1) is 18.3 Å². The van der Waals surface area contributed by atoms with E-state index in [2.05, 4.69) is 28.7 Å². The van der Waals surface area contributed by atoms with Gasteiger partial charge in [0.2, 0.25) is 10.0 Å². The van der Waals surface area contributed by atoms with E-state index in [-0.39, 0.29) is 10.7 Å². The molecule has 1 aliphatic carbocycles. The molecule has 2 atom stereocenters. The Labute approximate surface area is 142 Å². The Balaban J connectivity index is 1.42. The van der Waals surface area contributed by atoms with Crippen molar-refractivity contribution in [3.63, 3.8) is 0 Å². The molecule has 7 heteroatoms. The predicted octanol–water partition coefficient (Wildman–Crippen LogP) is 1.59.